The van der Waals surface area contributed by atoms with Gasteiger partial charge in [-0.2, -0.15) is 0 Å². The number of benzene rings is 3. The quantitative estimate of drug-likeness (QED) is 0.467. The Balaban J connectivity index is 0.00000240. The maximum atomic E-state index is 12.4. The summed E-state index contributed by atoms with van der Waals surface area (Å²) in [5.74, 6) is 1.44. The molecule has 0 aliphatic heterocycles. The predicted molar refractivity (Wildman–Crippen MR) is 117 cm³/mol. The van der Waals surface area contributed by atoms with E-state index < -0.39 is 0 Å². The second-order valence-corrected chi connectivity index (χ2v) is 6.27. The molecule has 5 nitrogen and oxygen atoms in total. The maximum Gasteiger partial charge on any atom is 0.255 e. The van der Waals surface area contributed by atoms with E-state index in [9.17, 15) is 4.79 Å². The molecule has 0 saturated carbocycles. The first-order valence-corrected chi connectivity index (χ1v) is 8.89. The van der Waals surface area contributed by atoms with Crippen LogP contribution in [0.15, 0.2) is 85.1 Å². The third kappa shape index (κ3) is 4.52. The molecular weight excluding hydrogens is 362 g/mol. The van der Waals surface area contributed by atoms with E-state index in [1.54, 1.807) is 25.4 Å². The molecule has 2 N–H and O–H groups in total. The molecule has 146 valence electrons. The Hall–Kier alpha value is -3.86. The monoisotopic (exact) mass is 385 g/mol. The lowest BCUT2D eigenvalue weighted by atomic mass is 10.1. The number of H-pyrrole nitrogens is 1. The van der Waals surface area contributed by atoms with Crippen LogP contribution in [0.3, 0.4) is 0 Å². The first-order valence-electron chi connectivity index (χ1n) is 8.89. The second kappa shape index (κ2) is 8.89. The highest BCUT2D eigenvalue weighted by molar-refractivity contribution is 6.04. The smallest absolute Gasteiger partial charge is 0.255 e. The molecule has 1 aromatic heterocycles. The largest absolute Gasteiger partial charge is 0.497 e. The number of ether oxygens (including phenoxy) is 1. The Labute approximate surface area is 170 Å². The molecule has 29 heavy (non-hydrogen) atoms. The van der Waals surface area contributed by atoms with E-state index in [1.165, 1.54) is 0 Å². The number of anilines is 1. The maximum absolute atomic E-state index is 12.4. The van der Waals surface area contributed by atoms with Crippen molar-refractivity contribution in [1.82, 2.24) is 9.97 Å². The molecule has 1 heterocycles. The van der Waals surface area contributed by atoms with Gasteiger partial charge in [-0.3, -0.25) is 4.79 Å². The SMILES string of the molecule is C.COc1ccc(-c2ncc(-c3cccc(NC(=O)c4ccccc4)c3)[nH]2)cc1. The van der Waals surface area contributed by atoms with E-state index in [1.807, 2.05) is 66.7 Å². The minimum Gasteiger partial charge on any atom is -0.497 e. The number of nitrogens with zero attached hydrogens (tertiary/aromatic N) is 1. The molecule has 3 aromatic carbocycles. The molecule has 5 heteroatoms. The number of methoxy groups -OCH3 is 1. The summed E-state index contributed by atoms with van der Waals surface area (Å²) in [5, 5.41) is 2.93. The molecule has 0 bridgehead atoms. The fourth-order valence-electron chi connectivity index (χ4n) is 2.92. The molecule has 0 aliphatic carbocycles. The lowest BCUT2D eigenvalue weighted by Gasteiger charge is -2.07. The summed E-state index contributed by atoms with van der Waals surface area (Å²) in [7, 11) is 1.64. The third-order valence-corrected chi connectivity index (χ3v) is 4.41. The number of aromatic amines is 1. The van der Waals surface area contributed by atoms with Gasteiger partial charge in [0.2, 0.25) is 0 Å². The lowest BCUT2D eigenvalue weighted by molar-refractivity contribution is 0.102. The number of aromatic nitrogens is 2. The van der Waals surface area contributed by atoms with Gasteiger partial charge in [0.1, 0.15) is 11.6 Å². The minimum absolute atomic E-state index is 0. The zero-order valence-electron chi connectivity index (χ0n) is 15.3. The third-order valence-electron chi connectivity index (χ3n) is 4.41. The van der Waals surface area contributed by atoms with Crippen LogP contribution in [0.4, 0.5) is 5.69 Å². The number of hydrogen-bond acceptors (Lipinski definition) is 3. The van der Waals surface area contributed by atoms with Gasteiger partial charge < -0.3 is 15.0 Å². The van der Waals surface area contributed by atoms with Crippen LogP contribution in [-0.2, 0) is 0 Å². The van der Waals surface area contributed by atoms with Crippen molar-refractivity contribution in [2.45, 2.75) is 7.43 Å². The van der Waals surface area contributed by atoms with Crippen LogP contribution in [0.1, 0.15) is 17.8 Å². The van der Waals surface area contributed by atoms with E-state index in [0.29, 0.717) is 5.56 Å². The van der Waals surface area contributed by atoms with Gasteiger partial charge in [0, 0.05) is 22.4 Å². The number of imidazole rings is 1. The van der Waals surface area contributed by atoms with Crippen LogP contribution in [-0.4, -0.2) is 23.0 Å². The average molecular weight is 385 g/mol. The van der Waals surface area contributed by atoms with Crippen LogP contribution in [0, 0.1) is 0 Å². The fraction of sp³-hybridized carbons (Fsp3) is 0.0833. The fourth-order valence-corrected chi connectivity index (χ4v) is 2.92. The number of nitrogens with one attached hydrogen (secondary N) is 2. The van der Waals surface area contributed by atoms with E-state index in [2.05, 4.69) is 15.3 Å². The first kappa shape index (κ1) is 19.9. The van der Waals surface area contributed by atoms with Gasteiger partial charge in [-0.15, -0.1) is 0 Å². The summed E-state index contributed by atoms with van der Waals surface area (Å²) < 4.78 is 5.19. The normalized spacial score (nSPS) is 10.1. The Morgan fingerprint density at radius 1 is 0.931 bits per heavy atom. The van der Waals surface area contributed by atoms with Crippen molar-refractivity contribution in [1.29, 1.82) is 0 Å². The van der Waals surface area contributed by atoms with Gasteiger partial charge in [-0.1, -0.05) is 37.8 Å². The van der Waals surface area contributed by atoms with Crippen LogP contribution in [0.5, 0.6) is 5.75 Å². The molecule has 0 atom stereocenters. The van der Waals surface area contributed by atoms with Gasteiger partial charge in [0.25, 0.3) is 5.91 Å². The average Bonchev–Trinajstić information content (AvgIpc) is 3.25. The van der Waals surface area contributed by atoms with Crippen molar-refractivity contribution < 1.29 is 9.53 Å². The van der Waals surface area contributed by atoms with Crippen LogP contribution in [0.2, 0.25) is 0 Å². The zero-order chi connectivity index (χ0) is 19.3. The van der Waals surface area contributed by atoms with Gasteiger partial charge >= 0.3 is 0 Å². The number of carbonyl (C=O) groups is 1. The molecule has 0 spiro atoms. The highest BCUT2D eigenvalue weighted by Crippen LogP contribution is 2.25. The molecule has 0 saturated heterocycles. The van der Waals surface area contributed by atoms with Crippen molar-refractivity contribution in [3.8, 4) is 28.4 Å². The van der Waals surface area contributed by atoms with Gasteiger partial charge in [-0.05, 0) is 48.5 Å². The second-order valence-electron chi connectivity index (χ2n) is 6.27. The Morgan fingerprint density at radius 3 is 2.41 bits per heavy atom. The molecule has 4 rings (SSSR count). The summed E-state index contributed by atoms with van der Waals surface area (Å²) in [4.78, 5) is 20.2. The zero-order valence-corrected chi connectivity index (χ0v) is 15.3. The molecule has 1 amide bonds. The standard InChI is InChI=1S/C23H19N3O2.CH4/c1-28-20-12-10-16(11-13-20)22-24-15-21(26-22)18-8-5-9-19(14-18)25-23(27)17-6-3-2-4-7-17;/h2-15H,1H3,(H,24,26)(H,25,27);1H4. The van der Waals surface area contributed by atoms with Crippen molar-refractivity contribution in [2.75, 3.05) is 12.4 Å². The summed E-state index contributed by atoms with van der Waals surface area (Å²) in [5.41, 5.74) is 4.14. The van der Waals surface area contributed by atoms with E-state index in [-0.39, 0.29) is 13.3 Å². The molecule has 4 aromatic rings. The minimum atomic E-state index is -0.138. The summed E-state index contributed by atoms with van der Waals surface area (Å²) in [6, 6.07) is 24.5. The van der Waals surface area contributed by atoms with Crippen LogP contribution < -0.4 is 10.1 Å². The molecule has 0 radical (unpaired) electrons. The van der Waals surface area contributed by atoms with E-state index in [4.69, 9.17) is 4.74 Å². The number of hydrogen-bond donors (Lipinski definition) is 2. The Morgan fingerprint density at radius 2 is 1.69 bits per heavy atom. The van der Waals surface area contributed by atoms with Crippen molar-refractivity contribution >= 4 is 11.6 Å². The molecule has 0 aliphatic rings. The summed E-state index contributed by atoms with van der Waals surface area (Å²) >= 11 is 0. The van der Waals surface area contributed by atoms with Crippen molar-refractivity contribution in [3.05, 3.63) is 90.6 Å². The van der Waals surface area contributed by atoms with Crippen LogP contribution in [0.25, 0.3) is 22.6 Å². The molecule has 0 unspecified atom stereocenters. The van der Waals surface area contributed by atoms with Crippen LogP contribution >= 0.6 is 0 Å². The summed E-state index contributed by atoms with van der Waals surface area (Å²) in [6.07, 6.45) is 1.79. The van der Waals surface area contributed by atoms with Gasteiger partial charge in [-0.25, -0.2) is 4.98 Å². The molecule has 0 fully saturated rings. The number of rotatable bonds is 5. The first-order chi connectivity index (χ1) is 13.7. The lowest BCUT2D eigenvalue weighted by Crippen LogP contribution is -2.11. The van der Waals surface area contributed by atoms with E-state index >= 15 is 0 Å². The van der Waals surface area contributed by atoms with Crippen molar-refractivity contribution in [2.24, 2.45) is 0 Å². The highest BCUT2D eigenvalue weighted by Gasteiger charge is 2.09. The highest BCUT2D eigenvalue weighted by atomic mass is 16.5. The van der Waals surface area contributed by atoms with E-state index in [0.717, 1.165) is 34.1 Å². The van der Waals surface area contributed by atoms with Crippen molar-refractivity contribution in [3.63, 3.8) is 0 Å². The molecular formula is C24H23N3O2. The Bertz CT molecular complexity index is 1090. The van der Waals surface area contributed by atoms with Gasteiger partial charge in [0.05, 0.1) is 19.0 Å². The topological polar surface area (TPSA) is 67.0 Å². The predicted octanol–water partition coefficient (Wildman–Crippen LogP) is 5.64. The number of carbonyl (C=O) groups excluding carboxylic acids is 1. The number of amides is 1. The Kier molecular flexibility index (Phi) is 6.09. The summed E-state index contributed by atoms with van der Waals surface area (Å²) in [6.45, 7) is 0. The van der Waals surface area contributed by atoms with Gasteiger partial charge in [0.15, 0.2) is 0 Å².